The molecular formula is C34H36N6O2. The van der Waals surface area contributed by atoms with E-state index in [1.54, 1.807) is 0 Å². The number of likely N-dealkylation sites (tertiary alicyclic amines) is 1. The Hall–Kier alpha value is -4.46. The minimum Gasteiger partial charge on any atom is -0.343 e. The van der Waals surface area contributed by atoms with Crippen LogP contribution in [-0.2, 0) is 24.3 Å². The fraction of sp³-hybridized carbons (Fsp3) is 0.353. The molecule has 0 aliphatic carbocycles. The van der Waals surface area contributed by atoms with Crippen molar-refractivity contribution in [1.29, 1.82) is 0 Å². The molecule has 0 bridgehead atoms. The van der Waals surface area contributed by atoms with E-state index in [2.05, 4.69) is 76.5 Å². The molecule has 8 heteroatoms. The number of aromatic nitrogens is 5. The van der Waals surface area contributed by atoms with Crippen LogP contribution in [0.2, 0.25) is 0 Å². The summed E-state index contributed by atoms with van der Waals surface area (Å²) in [4.78, 5) is 40.0. The molecule has 1 N–H and O–H groups in total. The molecule has 0 spiro atoms. The molecule has 4 heterocycles. The lowest BCUT2D eigenvalue weighted by Gasteiger charge is -2.16. The van der Waals surface area contributed by atoms with Crippen LogP contribution in [0.4, 0.5) is 0 Å². The van der Waals surface area contributed by atoms with Crippen LogP contribution in [0.3, 0.4) is 0 Å². The maximum Gasteiger partial charge on any atom is 0.270 e. The van der Waals surface area contributed by atoms with Gasteiger partial charge >= 0.3 is 0 Å². The number of rotatable bonds is 9. The van der Waals surface area contributed by atoms with E-state index in [1.807, 2.05) is 11.0 Å². The number of benzene rings is 3. The van der Waals surface area contributed by atoms with Crippen molar-refractivity contribution in [1.82, 2.24) is 29.0 Å². The minimum absolute atomic E-state index is 0.122. The first kappa shape index (κ1) is 26.4. The highest BCUT2D eigenvalue weighted by Gasteiger charge is 2.21. The van der Waals surface area contributed by atoms with Crippen molar-refractivity contribution in [3.63, 3.8) is 0 Å². The largest absolute Gasteiger partial charge is 0.343 e. The van der Waals surface area contributed by atoms with Gasteiger partial charge in [-0.3, -0.25) is 9.59 Å². The van der Waals surface area contributed by atoms with Gasteiger partial charge in [0.2, 0.25) is 5.91 Å². The molecule has 3 aromatic heterocycles. The maximum absolute atomic E-state index is 12.7. The molecular weight excluding hydrogens is 524 g/mol. The lowest BCUT2D eigenvalue weighted by Crippen LogP contribution is -2.26. The fourth-order valence-corrected chi connectivity index (χ4v) is 6.60. The Morgan fingerprint density at radius 3 is 2.50 bits per heavy atom. The third-order valence-electron chi connectivity index (χ3n) is 8.73. The van der Waals surface area contributed by atoms with Crippen LogP contribution in [0.1, 0.15) is 51.6 Å². The van der Waals surface area contributed by atoms with Crippen molar-refractivity contribution >= 4 is 49.8 Å². The topological polar surface area (TPSA) is 88.8 Å². The van der Waals surface area contributed by atoms with Crippen molar-refractivity contribution in [2.45, 2.75) is 65.5 Å². The molecule has 1 amide bonds. The van der Waals surface area contributed by atoms with Gasteiger partial charge in [-0.05, 0) is 69.0 Å². The number of hydrogen-bond acceptors (Lipinski definition) is 4. The van der Waals surface area contributed by atoms with Crippen LogP contribution < -0.4 is 5.56 Å². The Morgan fingerprint density at radius 1 is 0.833 bits per heavy atom. The number of imidazole rings is 1. The van der Waals surface area contributed by atoms with Crippen LogP contribution in [0, 0.1) is 0 Å². The molecule has 3 aromatic carbocycles. The molecule has 42 heavy (non-hydrogen) atoms. The first-order valence-electron chi connectivity index (χ1n) is 15.3. The number of H-pyrrole nitrogens is 1. The normalized spacial score (nSPS) is 14.0. The third-order valence-corrected chi connectivity index (χ3v) is 8.73. The van der Waals surface area contributed by atoms with Gasteiger partial charge in [0, 0.05) is 60.0 Å². The number of amides is 1. The molecule has 1 aliphatic heterocycles. The molecule has 7 rings (SSSR count). The SMILES string of the molecule is CCCCc1nc2cc3c(cc2[nH]c1=O)nc(-c1ccc2c(c1)c1ccccc1n2CC)n3CCCN1CCCC1=O. The number of aromatic amines is 1. The predicted octanol–water partition coefficient (Wildman–Crippen LogP) is 6.42. The number of carbonyl (C=O) groups excluding carboxylic acids is 1. The number of carbonyl (C=O) groups is 1. The average Bonchev–Trinajstić information content (AvgIpc) is 3.67. The minimum atomic E-state index is -0.122. The Balaban J connectivity index is 1.37. The number of nitrogens with one attached hydrogen (secondary N) is 1. The Labute approximate surface area is 244 Å². The second-order valence-electron chi connectivity index (χ2n) is 11.4. The van der Waals surface area contributed by atoms with Crippen LogP contribution in [0.25, 0.3) is 55.3 Å². The zero-order chi connectivity index (χ0) is 28.8. The molecule has 214 valence electrons. The molecule has 1 aliphatic rings. The molecule has 6 aromatic rings. The summed E-state index contributed by atoms with van der Waals surface area (Å²) >= 11 is 0. The standard InChI is InChI=1S/C34H36N6O2/c1-3-5-11-25-34(42)37-26-20-28-31(21-27(26)35-25)40(18-9-17-38-16-8-13-32(38)41)33(36-28)22-14-15-30-24(19-22)23-10-6-7-12-29(23)39(30)4-2/h6-7,10,12,14-15,19-21H,3-5,8-9,11,13,16-18H2,1-2H3,(H,37,42). The molecule has 1 fully saturated rings. The van der Waals surface area contributed by atoms with Crippen molar-refractivity contribution < 1.29 is 4.79 Å². The van der Waals surface area contributed by atoms with Crippen molar-refractivity contribution in [3.8, 4) is 11.4 Å². The lowest BCUT2D eigenvalue weighted by atomic mass is 10.1. The quantitative estimate of drug-likeness (QED) is 0.221. The summed E-state index contributed by atoms with van der Waals surface area (Å²) in [6.07, 6.45) is 5.04. The van der Waals surface area contributed by atoms with E-state index in [0.29, 0.717) is 24.1 Å². The highest BCUT2D eigenvalue weighted by Crippen LogP contribution is 2.34. The molecule has 1 saturated heterocycles. The molecule has 0 saturated carbocycles. The second kappa shape index (κ2) is 10.7. The lowest BCUT2D eigenvalue weighted by molar-refractivity contribution is -0.127. The smallest absolute Gasteiger partial charge is 0.270 e. The molecule has 0 unspecified atom stereocenters. The predicted molar refractivity (Wildman–Crippen MR) is 169 cm³/mol. The van der Waals surface area contributed by atoms with Crippen LogP contribution in [0.5, 0.6) is 0 Å². The molecule has 0 radical (unpaired) electrons. The van der Waals surface area contributed by atoms with Crippen molar-refractivity contribution in [2.75, 3.05) is 13.1 Å². The summed E-state index contributed by atoms with van der Waals surface area (Å²) < 4.78 is 4.63. The highest BCUT2D eigenvalue weighted by atomic mass is 16.2. The van der Waals surface area contributed by atoms with Gasteiger partial charge in [-0.15, -0.1) is 0 Å². The van der Waals surface area contributed by atoms with Gasteiger partial charge in [0.1, 0.15) is 11.5 Å². The number of nitrogens with zero attached hydrogens (tertiary/aromatic N) is 5. The first-order valence-corrected chi connectivity index (χ1v) is 15.3. The Morgan fingerprint density at radius 2 is 1.69 bits per heavy atom. The Bertz CT molecular complexity index is 2030. The fourth-order valence-electron chi connectivity index (χ4n) is 6.60. The molecule has 0 atom stereocenters. The maximum atomic E-state index is 12.7. The van der Waals surface area contributed by atoms with Gasteiger partial charge in [0.25, 0.3) is 5.56 Å². The van der Waals surface area contributed by atoms with Gasteiger partial charge in [0.05, 0.1) is 22.1 Å². The van der Waals surface area contributed by atoms with E-state index >= 15 is 0 Å². The van der Waals surface area contributed by atoms with Gasteiger partial charge < -0.3 is 19.0 Å². The Kier molecular flexibility index (Phi) is 6.76. The zero-order valence-electron chi connectivity index (χ0n) is 24.3. The second-order valence-corrected chi connectivity index (χ2v) is 11.4. The van der Waals surface area contributed by atoms with Crippen LogP contribution >= 0.6 is 0 Å². The number of fused-ring (bicyclic) bond motifs is 5. The van der Waals surface area contributed by atoms with E-state index in [1.165, 1.54) is 21.8 Å². The number of hydrogen-bond donors (Lipinski definition) is 1. The number of unbranched alkanes of at least 4 members (excludes halogenated alkanes) is 1. The van der Waals surface area contributed by atoms with Crippen molar-refractivity contribution in [3.05, 3.63) is 70.6 Å². The van der Waals surface area contributed by atoms with Gasteiger partial charge in [-0.2, -0.15) is 0 Å². The van der Waals surface area contributed by atoms with E-state index in [-0.39, 0.29) is 11.5 Å². The van der Waals surface area contributed by atoms with E-state index in [0.717, 1.165) is 79.8 Å². The summed E-state index contributed by atoms with van der Waals surface area (Å²) in [5, 5.41) is 2.45. The summed E-state index contributed by atoms with van der Waals surface area (Å²) in [5.41, 5.74) is 7.24. The van der Waals surface area contributed by atoms with Gasteiger partial charge in [-0.1, -0.05) is 31.5 Å². The summed E-state index contributed by atoms with van der Waals surface area (Å²) in [6.45, 7) is 7.50. The van der Waals surface area contributed by atoms with Crippen LogP contribution in [-0.4, -0.2) is 48.0 Å². The van der Waals surface area contributed by atoms with Gasteiger partial charge in [-0.25, -0.2) is 9.97 Å². The average molecular weight is 561 g/mol. The first-order chi connectivity index (χ1) is 20.6. The van der Waals surface area contributed by atoms with E-state index < -0.39 is 0 Å². The van der Waals surface area contributed by atoms with E-state index in [9.17, 15) is 9.59 Å². The monoisotopic (exact) mass is 560 g/mol. The molecule has 8 nitrogen and oxygen atoms in total. The van der Waals surface area contributed by atoms with E-state index in [4.69, 9.17) is 9.97 Å². The third kappa shape index (κ3) is 4.46. The zero-order valence-corrected chi connectivity index (χ0v) is 24.3. The van der Waals surface area contributed by atoms with Crippen LogP contribution in [0.15, 0.2) is 59.4 Å². The highest BCUT2D eigenvalue weighted by molar-refractivity contribution is 6.09. The number of para-hydroxylation sites is 1. The van der Waals surface area contributed by atoms with Crippen molar-refractivity contribution in [2.24, 2.45) is 0 Å². The number of aryl methyl sites for hydroxylation is 3. The summed E-state index contributed by atoms with van der Waals surface area (Å²) in [6, 6.07) is 19.2. The summed E-state index contributed by atoms with van der Waals surface area (Å²) in [5.74, 6) is 1.14. The summed E-state index contributed by atoms with van der Waals surface area (Å²) in [7, 11) is 0. The van der Waals surface area contributed by atoms with Gasteiger partial charge in [0.15, 0.2) is 0 Å².